The van der Waals surface area contributed by atoms with Crippen LogP contribution in [0.3, 0.4) is 0 Å². The van der Waals surface area contributed by atoms with Crippen molar-refractivity contribution < 1.29 is 9.53 Å². The van der Waals surface area contributed by atoms with Crippen LogP contribution in [0.5, 0.6) is 0 Å². The monoisotopic (exact) mass is 210 g/mol. The van der Waals surface area contributed by atoms with E-state index >= 15 is 0 Å². The molecule has 1 fully saturated rings. The van der Waals surface area contributed by atoms with Crippen molar-refractivity contribution in [1.29, 1.82) is 0 Å². The summed E-state index contributed by atoms with van der Waals surface area (Å²) in [6, 6.07) is 0. The van der Waals surface area contributed by atoms with Crippen molar-refractivity contribution in [2.75, 3.05) is 0 Å². The van der Waals surface area contributed by atoms with Crippen molar-refractivity contribution in [2.45, 2.75) is 47.6 Å². The molecule has 2 heteroatoms. The molecule has 2 nitrogen and oxygen atoms in total. The Morgan fingerprint density at radius 3 is 2.27 bits per heavy atom. The molecule has 1 aliphatic rings. The highest BCUT2D eigenvalue weighted by atomic mass is 16.5. The molecule has 1 aliphatic carbocycles. The van der Waals surface area contributed by atoms with Crippen LogP contribution in [-0.2, 0) is 9.53 Å². The maximum absolute atomic E-state index is 11.8. The van der Waals surface area contributed by atoms with E-state index in [9.17, 15) is 4.79 Å². The molecule has 0 aliphatic heterocycles. The van der Waals surface area contributed by atoms with Crippen LogP contribution in [0.25, 0.3) is 0 Å². The van der Waals surface area contributed by atoms with Crippen LogP contribution < -0.4 is 0 Å². The number of esters is 1. The lowest BCUT2D eigenvalue weighted by Gasteiger charge is -2.08. The van der Waals surface area contributed by atoms with E-state index in [0.717, 1.165) is 0 Å². The minimum atomic E-state index is -0.0440. The van der Waals surface area contributed by atoms with Crippen LogP contribution >= 0.6 is 0 Å². The fourth-order valence-corrected chi connectivity index (χ4v) is 2.10. The third-order valence-corrected chi connectivity index (χ3v) is 3.03. The molecule has 2 atom stereocenters. The van der Waals surface area contributed by atoms with Gasteiger partial charge in [0.1, 0.15) is 0 Å². The molecule has 0 aromatic heterocycles. The summed E-state index contributed by atoms with van der Waals surface area (Å²) in [5, 5.41) is 0. The Balaban J connectivity index is 2.66. The Morgan fingerprint density at radius 1 is 1.33 bits per heavy atom. The molecule has 0 spiro atoms. The minimum absolute atomic E-state index is 0.0127. The van der Waals surface area contributed by atoms with Crippen LogP contribution in [0.15, 0.2) is 11.6 Å². The molecule has 0 N–H and O–H groups in total. The summed E-state index contributed by atoms with van der Waals surface area (Å²) >= 11 is 0. The number of hydrogen-bond donors (Lipinski definition) is 0. The molecule has 0 bridgehead atoms. The van der Waals surface area contributed by atoms with Gasteiger partial charge in [-0.15, -0.1) is 0 Å². The van der Waals surface area contributed by atoms with Gasteiger partial charge in [0.2, 0.25) is 0 Å². The second-order valence-corrected chi connectivity index (χ2v) is 5.55. The molecule has 0 aromatic carbocycles. The zero-order chi connectivity index (χ0) is 11.8. The van der Waals surface area contributed by atoms with Crippen LogP contribution in [0.4, 0.5) is 0 Å². The predicted molar refractivity (Wildman–Crippen MR) is 61.4 cm³/mol. The van der Waals surface area contributed by atoms with Gasteiger partial charge in [-0.3, -0.25) is 4.79 Å². The van der Waals surface area contributed by atoms with E-state index in [1.165, 1.54) is 5.57 Å². The fraction of sp³-hybridized carbons (Fsp3) is 0.769. The number of rotatable bonds is 3. The Labute approximate surface area is 92.7 Å². The number of allylic oxidation sites excluding steroid dienone is 2. The second kappa shape index (κ2) is 3.99. The average molecular weight is 210 g/mol. The van der Waals surface area contributed by atoms with E-state index in [1.807, 2.05) is 13.8 Å². The molecule has 1 rings (SSSR count). The standard InChI is InChI=1S/C13H22O2/c1-8(2)7-10-11(13(10,5)6)12(14)15-9(3)4/h7,9-11H,1-6H3. The summed E-state index contributed by atoms with van der Waals surface area (Å²) in [6.07, 6.45) is 2.17. The van der Waals surface area contributed by atoms with Crippen LogP contribution in [0.1, 0.15) is 41.5 Å². The first-order valence-corrected chi connectivity index (χ1v) is 5.62. The highest BCUT2D eigenvalue weighted by Crippen LogP contribution is 2.59. The van der Waals surface area contributed by atoms with Gasteiger partial charge in [0.25, 0.3) is 0 Å². The molecule has 1 saturated carbocycles. The Hall–Kier alpha value is -0.790. The minimum Gasteiger partial charge on any atom is -0.463 e. The highest BCUT2D eigenvalue weighted by molar-refractivity contribution is 5.78. The Bertz CT molecular complexity index is 283. The Kier molecular flexibility index (Phi) is 3.27. The molecule has 2 unspecified atom stereocenters. The molecule has 0 amide bonds. The smallest absolute Gasteiger partial charge is 0.310 e. The van der Waals surface area contributed by atoms with Gasteiger partial charge in [0.05, 0.1) is 12.0 Å². The largest absolute Gasteiger partial charge is 0.463 e. The van der Waals surface area contributed by atoms with Gasteiger partial charge in [0.15, 0.2) is 0 Å². The summed E-state index contributed by atoms with van der Waals surface area (Å²) in [5.74, 6) is 0.362. The van der Waals surface area contributed by atoms with Gasteiger partial charge in [-0.1, -0.05) is 25.5 Å². The molecular weight excluding hydrogens is 188 g/mol. The van der Waals surface area contributed by atoms with Crippen molar-refractivity contribution in [2.24, 2.45) is 17.3 Å². The molecule has 86 valence electrons. The molecule has 0 heterocycles. The normalized spacial score (nSPS) is 27.4. The van der Waals surface area contributed by atoms with E-state index < -0.39 is 0 Å². The van der Waals surface area contributed by atoms with Gasteiger partial charge in [-0.05, 0) is 39.0 Å². The predicted octanol–water partition coefficient (Wildman–Crippen LogP) is 3.18. The molecule has 0 radical (unpaired) electrons. The van der Waals surface area contributed by atoms with E-state index in [0.29, 0.717) is 5.92 Å². The topological polar surface area (TPSA) is 26.3 Å². The van der Waals surface area contributed by atoms with Gasteiger partial charge in [0, 0.05) is 0 Å². The third kappa shape index (κ3) is 2.61. The van der Waals surface area contributed by atoms with Crippen LogP contribution in [-0.4, -0.2) is 12.1 Å². The lowest BCUT2D eigenvalue weighted by Crippen LogP contribution is -2.15. The van der Waals surface area contributed by atoms with Crippen LogP contribution in [0, 0.1) is 17.3 Å². The van der Waals surface area contributed by atoms with E-state index in [-0.39, 0.29) is 23.4 Å². The zero-order valence-corrected chi connectivity index (χ0v) is 10.6. The van der Waals surface area contributed by atoms with Gasteiger partial charge >= 0.3 is 5.97 Å². The van der Waals surface area contributed by atoms with E-state index in [4.69, 9.17) is 4.74 Å². The molecular formula is C13H22O2. The van der Waals surface area contributed by atoms with Gasteiger partial charge < -0.3 is 4.74 Å². The summed E-state index contributed by atoms with van der Waals surface area (Å²) in [7, 11) is 0. The Morgan fingerprint density at radius 2 is 1.87 bits per heavy atom. The van der Waals surface area contributed by atoms with E-state index in [1.54, 1.807) is 0 Å². The maximum atomic E-state index is 11.8. The lowest BCUT2D eigenvalue weighted by atomic mass is 10.1. The van der Waals surface area contributed by atoms with Crippen molar-refractivity contribution in [1.82, 2.24) is 0 Å². The zero-order valence-electron chi connectivity index (χ0n) is 10.6. The highest BCUT2D eigenvalue weighted by Gasteiger charge is 2.61. The molecule has 0 aromatic rings. The lowest BCUT2D eigenvalue weighted by molar-refractivity contribution is -0.150. The quantitative estimate of drug-likeness (QED) is 0.528. The van der Waals surface area contributed by atoms with Crippen molar-refractivity contribution >= 4 is 5.97 Å². The SMILES string of the molecule is CC(C)=CC1C(C(=O)OC(C)C)C1(C)C. The first kappa shape index (κ1) is 12.3. The van der Waals surface area contributed by atoms with Gasteiger partial charge in [-0.25, -0.2) is 0 Å². The third-order valence-electron chi connectivity index (χ3n) is 3.03. The first-order chi connectivity index (χ1) is 6.76. The first-order valence-electron chi connectivity index (χ1n) is 5.62. The second-order valence-electron chi connectivity index (χ2n) is 5.55. The van der Waals surface area contributed by atoms with Crippen molar-refractivity contribution in [3.63, 3.8) is 0 Å². The number of hydrogen-bond acceptors (Lipinski definition) is 2. The summed E-state index contributed by atoms with van der Waals surface area (Å²) in [6.45, 7) is 12.2. The van der Waals surface area contributed by atoms with Crippen molar-refractivity contribution in [3.8, 4) is 0 Å². The summed E-state index contributed by atoms with van der Waals surface area (Å²) in [4.78, 5) is 11.8. The fourth-order valence-electron chi connectivity index (χ4n) is 2.10. The van der Waals surface area contributed by atoms with Crippen molar-refractivity contribution in [3.05, 3.63) is 11.6 Å². The van der Waals surface area contributed by atoms with Crippen LogP contribution in [0.2, 0.25) is 0 Å². The number of carbonyl (C=O) groups excluding carboxylic acids is 1. The molecule has 0 saturated heterocycles. The summed E-state index contributed by atoms with van der Waals surface area (Å²) < 4.78 is 5.25. The maximum Gasteiger partial charge on any atom is 0.310 e. The average Bonchev–Trinajstić information content (AvgIpc) is 2.49. The van der Waals surface area contributed by atoms with Gasteiger partial charge in [-0.2, -0.15) is 0 Å². The van der Waals surface area contributed by atoms with E-state index in [2.05, 4.69) is 33.8 Å². The number of carbonyl (C=O) groups is 1. The molecule has 15 heavy (non-hydrogen) atoms. The summed E-state index contributed by atoms with van der Waals surface area (Å²) in [5.41, 5.74) is 1.34. The number of ether oxygens (including phenoxy) is 1.